The Kier molecular flexibility index (Phi) is 5.12. The van der Waals surface area contributed by atoms with Gasteiger partial charge in [0.2, 0.25) is 0 Å². The second-order valence-electron chi connectivity index (χ2n) is 6.21. The van der Waals surface area contributed by atoms with E-state index in [-0.39, 0.29) is 11.4 Å². The molecule has 3 aromatic rings. The number of nitrogens with one attached hydrogen (secondary N) is 2. The van der Waals surface area contributed by atoms with Gasteiger partial charge in [-0.2, -0.15) is 0 Å². The topological polar surface area (TPSA) is 66.9 Å². The number of hydrogen-bond donors (Lipinski definition) is 2. The summed E-state index contributed by atoms with van der Waals surface area (Å²) in [7, 11) is 0. The molecule has 0 aliphatic carbocycles. The molecule has 27 heavy (non-hydrogen) atoms. The largest absolute Gasteiger partial charge is 0.340 e. The number of benzene rings is 2. The molecule has 0 atom stereocenters. The number of halogens is 2. The fraction of sp³-hybridized carbons (Fsp3) is 0.150. The van der Waals surface area contributed by atoms with Crippen LogP contribution in [0.1, 0.15) is 27.4 Å². The highest BCUT2D eigenvalue weighted by molar-refractivity contribution is 6.03. The van der Waals surface area contributed by atoms with Gasteiger partial charge in [-0.3, -0.25) is 4.79 Å². The zero-order chi connectivity index (χ0) is 19.6. The standard InChI is InChI=1S/C20H18F2N4O/c1-11-4-5-12(2)17(8-11)26-19-10-18(23-13(3)24-19)20(27)25-14-6-7-15(21)16(22)9-14/h4-10H,1-3H3,(H,25,27)(H,23,24,26). The summed E-state index contributed by atoms with van der Waals surface area (Å²) in [6.45, 7) is 5.62. The Morgan fingerprint density at radius 1 is 0.926 bits per heavy atom. The minimum atomic E-state index is -1.04. The Hall–Kier alpha value is -3.35. The maximum Gasteiger partial charge on any atom is 0.274 e. The first-order valence-electron chi connectivity index (χ1n) is 8.28. The Morgan fingerprint density at radius 2 is 1.70 bits per heavy atom. The molecular formula is C20H18F2N4O. The van der Waals surface area contributed by atoms with E-state index >= 15 is 0 Å². The van der Waals surface area contributed by atoms with Crippen LogP contribution in [-0.2, 0) is 0 Å². The molecule has 7 heteroatoms. The summed E-state index contributed by atoms with van der Waals surface area (Å²) in [5, 5.41) is 5.69. The van der Waals surface area contributed by atoms with Gasteiger partial charge in [0, 0.05) is 23.5 Å². The van der Waals surface area contributed by atoms with Gasteiger partial charge in [-0.15, -0.1) is 0 Å². The third-order valence-electron chi connectivity index (χ3n) is 3.90. The lowest BCUT2D eigenvalue weighted by Crippen LogP contribution is -2.15. The summed E-state index contributed by atoms with van der Waals surface area (Å²) in [6.07, 6.45) is 0. The van der Waals surface area contributed by atoms with Crippen LogP contribution in [0.25, 0.3) is 0 Å². The van der Waals surface area contributed by atoms with E-state index in [0.29, 0.717) is 11.6 Å². The number of aromatic nitrogens is 2. The minimum Gasteiger partial charge on any atom is -0.340 e. The number of amides is 1. The van der Waals surface area contributed by atoms with Crippen molar-refractivity contribution in [1.29, 1.82) is 0 Å². The van der Waals surface area contributed by atoms with Gasteiger partial charge in [0.15, 0.2) is 11.6 Å². The minimum absolute atomic E-state index is 0.111. The van der Waals surface area contributed by atoms with E-state index < -0.39 is 17.5 Å². The van der Waals surface area contributed by atoms with Gasteiger partial charge >= 0.3 is 0 Å². The number of aryl methyl sites for hydroxylation is 3. The molecule has 2 N–H and O–H groups in total. The number of anilines is 3. The van der Waals surface area contributed by atoms with Crippen molar-refractivity contribution >= 4 is 23.1 Å². The molecule has 0 unspecified atom stereocenters. The van der Waals surface area contributed by atoms with Gasteiger partial charge in [-0.1, -0.05) is 12.1 Å². The third kappa shape index (κ3) is 4.44. The van der Waals surface area contributed by atoms with Crippen molar-refractivity contribution in [2.24, 2.45) is 0 Å². The van der Waals surface area contributed by atoms with Gasteiger partial charge < -0.3 is 10.6 Å². The number of rotatable bonds is 4. The molecule has 0 aliphatic heterocycles. The highest BCUT2D eigenvalue weighted by Crippen LogP contribution is 2.21. The van der Waals surface area contributed by atoms with E-state index in [1.165, 1.54) is 12.1 Å². The molecule has 0 saturated carbocycles. The average molecular weight is 368 g/mol. The fourth-order valence-corrected chi connectivity index (χ4v) is 2.53. The summed E-state index contributed by atoms with van der Waals surface area (Å²) in [6, 6.07) is 10.6. The summed E-state index contributed by atoms with van der Waals surface area (Å²) in [4.78, 5) is 20.9. The van der Waals surface area contributed by atoms with Gasteiger partial charge in [-0.05, 0) is 50.1 Å². The lowest BCUT2D eigenvalue weighted by Gasteiger charge is -2.12. The molecule has 0 radical (unpaired) electrons. The molecule has 1 amide bonds. The highest BCUT2D eigenvalue weighted by atomic mass is 19.2. The molecule has 0 bridgehead atoms. The third-order valence-corrected chi connectivity index (χ3v) is 3.90. The normalized spacial score (nSPS) is 10.6. The van der Waals surface area contributed by atoms with Crippen molar-refractivity contribution in [3.8, 4) is 0 Å². The first kappa shape index (κ1) is 18.4. The summed E-state index contributed by atoms with van der Waals surface area (Å²) < 4.78 is 26.3. The van der Waals surface area contributed by atoms with Gasteiger partial charge in [0.1, 0.15) is 17.3 Å². The maximum absolute atomic E-state index is 13.3. The Bertz CT molecular complexity index is 1020. The SMILES string of the molecule is Cc1ccc(C)c(Nc2cc(C(=O)Nc3ccc(F)c(F)c3)nc(C)n2)c1. The van der Waals surface area contributed by atoms with Crippen molar-refractivity contribution in [3.05, 3.63) is 76.7 Å². The van der Waals surface area contributed by atoms with E-state index in [1.54, 1.807) is 6.92 Å². The van der Waals surface area contributed by atoms with Gasteiger partial charge in [0.25, 0.3) is 5.91 Å². The van der Waals surface area contributed by atoms with Crippen molar-refractivity contribution in [1.82, 2.24) is 9.97 Å². The maximum atomic E-state index is 13.3. The predicted octanol–water partition coefficient (Wildman–Crippen LogP) is 4.68. The molecule has 138 valence electrons. The Morgan fingerprint density at radius 3 is 2.44 bits per heavy atom. The fourth-order valence-electron chi connectivity index (χ4n) is 2.53. The quantitative estimate of drug-likeness (QED) is 0.702. The number of carbonyl (C=O) groups excluding carboxylic acids is 1. The van der Waals surface area contributed by atoms with Gasteiger partial charge in [0.05, 0.1) is 0 Å². The first-order valence-corrected chi connectivity index (χ1v) is 8.28. The van der Waals surface area contributed by atoms with Crippen molar-refractivity contribution in [2.75, 3.05) is 10.6 Å². The zero-order valence-electron chi connectivity index (χ0n) is 15.1. The molecule has 3 rings (SSSR count). The van der Waals surface area contributed by atoms with E-state index in [0.717, 1.165) is 28.9 Å². The highest BCUT2D eigenvalue weighted by Gasteiger charge is 2.13. The van der Waals surface area contributed by atoms with Crippen LogP contribution in [-0.4, -0.2) is 15.9 Å². The molecule has 2 aromatic carbocycles. The Balaban J connectivity index is 1.84. The summed E-state index contributed by atoms with van der Waals surface area (Å²) >= 11 is 0. The molecule has 5 nitrogen and oxygen atoms in total. The van der Waals surface area contributed by atoms with Crippen LogP contribution in [0.15, 0.2) is 42.5 Å². The van der Waals surface area contributed by atoms with Crippen molar-refractivity contribution < 1.29 is 13.6 Å². The average Bonchev–Trinajstić information content (AvgIpc) is 2.61. The second-order valence-corrected chi connectivity index (χ2v) is 6.21. The first-order chi connectivity index (χ1) is 12.8. The summed E-state index contributed by atoms with van der Waals surface area (Å²) in [5.74, 6) is -1.70. The van der Waals surface area contributed by atoms with E-state index in [4.69, 9.17) is 0 Å². The van der Waals surface area contributed by atoms with Crippen LogP contribution in [0, 0.1) is 32.4 Å². The smallest absolute Gasteiger partial charge is 0.274 e. The number of carbonyl (C=O) groups is 1. The monoisotopic (exact) mass is 368 g/mol. The molecule has 0 saturated heterocycles. The van der Waals surface area contributed by atoms with Crippen LogP contribution in [0.4, 0.5) is 26.0 Å². The van der Waals surface area contributed by atoms with Crippen LogP contribution in [0.5, 0.6) is 0 Å². The second kappa shape index (κ2) is 7.49. The molecular weight excluding hydrogens is 350 g/mol. The molecule has 1 aromatic heterocycles. The lowest BCUT2D eigenvalue weighted by molar-refractivity contribution is 0.102. The van der Waals surface area contributed by atoms with E-state index in [9.17, 15) is 13.6 Å². The van der Waals surface area contributed by atoms with Gasteiger partial charge in [-0.25, -0.2) is 18.7 Å². The van der Waals surface area contributed by atoms with Crippen molar-refractivity contribution in [2.45, 2.75) is 20.8 Å². The van der Waals surface area contributed by atoms with Crippen LogP contribution in [0.2, 0.25) is 0 Å². The predicted molar refractivity (Wildman–Crippen MR) is 100 cm³/mol. The van der Waals surface area contributed by atoms with E-state index in [2.05, 4.69) is 20.6 Å². The molecule has 0 spiro atoms. The van der Waals surface area contributed by atoms with E-state index in [1.807, 2.05) is 32.0 Å². The molecule has 0 fully saturated rings. The van der Waals surface area contributed by atoms with Crippen LogP contribution < -0.4 is 10.6 Å². The molecule has 1 heterocycles. The zero-order valence-corrected chi connectivity index (χ0v) is 15.1. The number of hydrogen-bond acceptors (Lipinski definition) is 4. The van der Waals surface area contributed by atoms with Crippen LogP contribution >= 0.6 is 0 Å². The van der Waals surface area contributed by atoms with Crippen molar-refractivity contribution in [3.63, 3.8) is 0 Å². The molecule has 0 aliphatic rings. The Labute approximate surface area is 155 Å². The summed E-state index contributed by atoms with van der Waals surface area (Å²) in [5.41, 5.74) is 3.24. The van der Waals surface area contributed by atoms with Crippen LogP contribution in [0.3, 0.4) is 0 Å². The lowest BCUT2D eigenvalue weighted by atomic mass is 10.1. The number of nitrogens with zero attached hydrogens (tertiary/aromatic N) is 2.